The van der Waals surface area contributed by atoms with E-state index in [-0.39, 0.29) is 12.7 Å². The SMILES string of the molecule is CCOC(=O)C1C=c2c(c(I)cc3c2=C2CCCCC2O3)OC1=O. The second kappa shape index (κ2) is 6.06. The Morgan fingerprint density at radius 1 is 1.42 bits per heavy atom. The van der Waals surface area contributed by atoms with Crippen LogP contribution in [0.15, 0.2) is 6.07 Å². The highest BCUT2D eigenvalue weighted by atomic mass is 127. The van der Waals surface area contributed by atoms with Crippen LogP contribution in [0.3, 0.4) is 0 Å². The first kappa shape index (κ1) is 15.9. The minimum absolute atomic E-state index is 0.114. The van der Waals surface area contributed by atoms with E-state index in [0.717, 1.165) is 45.4 Å². The zero-order chi connectivity index (χ0) is 16.8. The highest BCUT2D eigenvalue weighted by molar-refractivity contribution is 14.1. The molecule has 2 atom stereocenters. The fourth-order valence-electron chi connectivity index (χ4n) is 3.66. The molecule has 6 heteroatoms. The van der Waals surface area contributed by atoms with E-state index in [1.54, 1.807) is 13.0 Å². The Labute approximate surface area is 152 Å². The van der Waals surface area contributed by atoms with Gasteiger partial charge < -0.3 is 14.2 Å². The van der Waals surface area contributed by atoms with Crippen LogP contribution in [0.5, 0.6) is 11.5 Å². The lowest BCUT2D eigenvalue weighted by Gasteiger charge is -2.20. The van der Waals surface area contributed by atoms with Crippen molar-refractivity contribution in [3.8, 4) is 11.5 Å². The van der Waals surface area contributed by atoms with Gasteiger partial charge in [0.2, 0.25) is 0 Å². The van der Waals surface area contributed by atoms with E-state index in [1.165, 1.54) is 5.57 Å². The summed E-state index contributed by atoms with van der Waals surface area (Å²) in [7, 11) is 0. The van der Waals surface area contributed by atoms with E-state index in [2.05, 4.69) is 22.6 Å². The minimum Gasteiger partial charge on any atom is -0.485 e. The standard InChI is InChI=1S/C18H17IO5/c1-2-22-17(20)11-7-10-15-9-5-3-4-6-13(9)23-14(15)8-12(19)16(10)24-18(11)21/h7-8,11,13H,2-6H2,1H3. The Morgan fingerprint density at radius 2 is 2.25 bits per heavy atom. The molecule has 1 saturated carbocycles. The quantitative estimate of drug-likeness (QED) is 0.303. The molecule has 24 heavy (non-hydrogen) atoms. The summed E-state index contributed by atoms with van der Waals surface area (Å²) in [5, 5.41) is 1.81. The Hall–Kier alpha value is -1.57. The molecule has 0 radical (unpaired) electrons. The van der Waals surface area contributed by atoms with Crippen molar-refractivity contribution in [2.24, 2.45) is 5.92 Å². The van der Waals surface area contributed by atoms with Crippen molar-refractivity contribution in [2.45, 2.75) is 38.7 Å². The Balaban J connectivity index is 1.96. The Bertz CT molecular complexity index is 857. The van der Waals surface area contributed by atoms with E-state index < -0.39 is 17.9 Å². The van der Waals surface area contributed by atoms with Gasteiger partial charge in [0.1, 0.15) is 11.9 Å². The number of halogens is 1. The summed E-state index contributed by atoms with van der Waals surface area (Å²) in [4.78, 5) is 24.3. The third-order valence-electron chi connectivity index (χ3n) is 4.71. The van der Waals surface area contributed by atoms with Crippen molar-refractivity contribution in [3.05, 3.63) is 20.1 Å². The van der Waals surface area contributed by atoms with Crippen molar-refractivity contribution in [2.75, 3.05) is 6.61 Å². The molecule has 1 fully saturated rings. The lowest BCUT2D eigenvalue weighted by Crippen LogP contribution is -2.40. The molecule has 1 aromatic rings. The van der Waals surface area contributed by atoms with E-state index in [0.29, 0.717) is 5.75 Å². The van der Waals surface area contributed by atoms with Gasteiger partial charge in [-0.05, 0) is 72.9 Å². The van der Waals surface area contributed by atoms with Gasteiger partial charge in [-0.1, -0.05) is 0 Å². The summed E-state index contributed by atoms with van der Waals surface area (Å²) in [5.41, 5.74) is 1.26. The molecular formula is C18H17IO5. The van der Waals surface area contributed by atoms with Gasteiger partial charge in [0.15, 0.2) is 11.7 Å². The van der Waals surface area contributed by atoms with Crippen LogP contribution < -0.4 is 19.9 Å². The van der Waals surface area contributed by atoms with E-state index in [9.17, 15) is 9.59 Å². The predicted octanol–water partition coefficient (Wildman–Crippen LogP) is 1.66. The topological polar surface area (TPSA) is 61.8 Å². The first-order chi connectivity index (χ1) is 11.6. The second-order valence-corrected chi connectivity index (χ2v) is 7.33. The van der Waals surface area contributed by atoms with Crippen LogP contribution >= 0.6 is 22.6 Å². The number of ether oxygens (including phenoxy) is 3. The predicted molar refractivity (Wildman–Crippen MR) is 94.9 cm³/mol. The maximum absolute atomic E-state index is 12.2. The molecule has 1 aliphatic carbocycles. The highest BCUT2D eigenvalue weighted by Gasteiger charge is 2.35. The molecule has 5 nitrogen and oxygen atoms in total. The summed E-state index contributed by atoms with van der Waals surface area (Å²) in [6.07, 6.45) is 6.09. The van der Waals surface area contributed by atoms with Gasteiger partial charge in [0.05, 0.1) is 10.2 Å². The fraction of sp³-hybridized carbons (Fsp3) is 0.444. The highest BCUT2D eigenvalue weighted by Crippen LogP contribution is 2.34. The smallest absolute Gasteiger partial charge is 0.329 e. The molecule has 0 bridgehead atoms. The average Bonchev–Trinajstić information content (AvgIpc) is 2.93. The molecule has 0 amide bonds. The van der Waals surface area contributed by atoms with Gasteiger partial charge >= 0.3 is 11.9 Å². The first-order valence-corrected chi connectivity index (χ1v) is 9.30. The largest absolute Gasteiger partial charge is 0.485 e. The molecule has 2 unspecified atom stereocenters. The van der Waals surface area contributed by atoms with Crippen molar-refractivity contribution in [3.63, 3.8) is 0 Å². The average molecular weight is 440 g/mol. The van der Waals surface area contributed by atoms with Gasteiger partial charge in [-0.3, -0.25) is 9.59 Å². The Morgan fingerprint density at radius 3 is 3.04 bits per heavy atom. The first-order valence-electron chi connectivity index (χ1n) is 8.22. The summed E-state index contributed by atoms with van der Waals surface area (Å²) in [5.74, 6) is -0.796. The summed E-state index contributed by atoms with van der Waals surface area (Å²) in [6.45, 7) is 1.95. The van der Waals surface area contributed by atoms with Crippen molar-refractivity contribution >= 4 is 46.2 Å². The zero-order valence-corrected chi connectivity index (χ0v) is 15.4. The van der Waals surface area contributed by atoms with Gasteiger partial charge in [0, 0.05) is 10.4 Å². The van der Waals surface area contributed by atoms with Gasteiger partial charge in [-0.15, -0.1) is 0 Å². The number of rotatable bonds is 2. The molecule has 4 rings (SSSR count). The second-order valence-electron chi connectivity index (χ2n) is 6.17. The summed E-state index contributed by atoms with van der Waals surface area (Å²) < 4.78 is 17.4. The monoisotopic (exact) mass is 440 g/mol. The normalized spacial score (nSPS) is 24.1. The van der Waals surface area contributed by atoms with Gasteiger partial charge in [-0.2, -0.15) is 0 Å². The lowest BCUT2D eigenvalue weighted by atomic mass is 9.90. The molecule has 3 aliphatic rings. The molecule has 2 aliphatic heterocycles. The Kier molecular flexibility index (Phi) is 4.02. The van der Waals surface area contributed by atoms with Crippen molar-refractivity contribution < 1.29 is 23.8 Å². The van der Waals surface area contributed by atoms with Gasteiger partial charge in [-0.25, -0.2) is 0 Å². The number of fused-ring (bicyclic) bond motifs is 4. The zero-order valence-electron chi connectivity index (χ0n) is 13.3. The molecular weight excluding hydrogens is 423 g/mol. The van der Waals surface area contributed by atoms with E-state index in [4.69, 9.17) is 14.2 Å². The molecule has 0 saturated heterocycles. The van der Waals surface area contributed by atoms with E-state index >= 15 is 0 Å². The van der Waals surface area contributed by atoms with Crippen LogP contribution in [0.25, 0.3) is 11.6 Å². The number of benzene rings is 1. The third kappa shape index (κ3) is 2.42. The summed E-state index contributed by atoms with van der Waals surface area (Å²) >= 11 is 2.14. The van der Waals surface area contributed by atoms with Crippen LogP contribution in [0.1, 0.15) is 32.6 Å². The maximum atomic E-state index is 12.2. The number of esters is 2. The molecule has 0 aromatic heterocycles. The van der Waals surface area contributed by atoms with Crippen LogP contribution in [0.2, 0.25) is 0 Å². The molecule has 0 N–H and O–H groups in total. The molecule has 1 aromatic carbocycles. The molecule has 0 spiro atoms. The molecule has 2 heterocycles. The maximum Gasteiger partial charge on any atom is 0.329 e. The summed E-state index contributed by atoms with van der Waals surface area (Å²) in [6, 6.07) is 1.92. The van der Waals surface area contributed by atoms with Crippen LogP contribution in [0.4, 0.5) is 0 Å². The lowest BCUT2D eigenvalue weighted by molar-refractivity contribution is -0.154. The van der Waals surface area contributed by atoms with Gasteiger partial charge in [0.25, 0.3) is 0 Å². The number of hydrogen-bond acceptors (Lipinski definition) is 5. The number of carbonyl (C=O) groups is 2. The third-order valence-corrected chi connectivity index (χ3v) is 5.51. The van der Waals surface area contributed by atoms with Crippen LogP contribution in [-0.4, -0.2) is 24.6 Å². The van der Waals surface area contributed by atoms with Crippen molar-refractivity contribution in [1.82, 2.24) is 0 Å². The van der Waals surface area contributed by atoms with Crippen LogP contribution in [0, 0.1) is 9.49 Å². The number of hydrogen-bond donors (Lipinski definition) is 0. The minimum atomic E-state index is -1.01. The number of carbonyl (C=O) groups excluding carboxylic acids is 2. The van der Waals surface area contributed by atoms with Crippen LogP contribution in [-0.2, 0) is 14.3 Å². The fourth-order valence-corrected chi connectivity index (χ4v) is 4.34. The molecule has 126 valence electrons. The van der Waals surface area contributed by atoms with E-state index in [1.807, 2.05) is 6.07 Å². The van der Waals surface area contributed by atoms with Crippen molar-refractivity contribution in [1.29, 1.82) is 0 Å².